The van der Waals surface area contributed by atoms with Crippen LogP contribution >= 0.6 is 23.4 Å². The SMILES string of the molecule is CC(C)(NC(=O)O)C(=O)Nc1ccc(Cl)c(N=C2NC(=O)/C(=C/c3ccc4nccnc4c3)S2)c1. The van der Waals surface area contributed by atoms with Crippen LogP contribution < -0.4 is 16.0 Å². The Kier molecular flexibility index (Phi) is 6.72. The van der Waals surface area contributed by atoms with Crippen molar-refractivity contribution in [1.29, 1.82) is 0 Å². The van der Waals surface area contributed by atoms with Gasteiger partial charge < -0.3 is 21.1 Å². The van der Waals surface area contributed by atoms with E-state index in [9.17, 15) is 14.4 Å². The number of hydrogen-bond donors (Lipinski definition) is 4. The van der Waals surface area contributed by atoms with Crippen LogP contribution in [0.25, 0.3) is 17.1 Å². The molecule has 12 heteroatoms. The number of benzene rings is 2. The normalized spacial score (nSPS) is 15.9. The number of amidine groups is 1. The van der Waals surface area contributed by atoms with Gasteiger partial charge in [-0.25, -0.2) is 9.79 Å². The Labute approximate surface area is 208 Å². The maximum atomic E-state index is 12.5. The molecule has 0 unspecified atom stereocenters. The van der Waals surface area contributed by atoms with Gasteiger partial charge in [-0.05, 0) is 67.6 Å². The Bertz CT molecular complexity index is 1420. The van der Waals surface area contributed by atoms with Crippen LogP contribution in [0, 0.1) is 0 Å². The summed E-state index contributed by atoms with van der Waals surface area (Å²) < 4.78 is 0. The van der Waals surface area contributed by atoms with Crippen LogP contribution in [0.2, 0.25) is 5.02 Å². The van der Waals surface area contributed by atoms with Gasteiger partial charge in [-0.3, -0.25) is 19.6 Å². The zero-order valence-electron chi connectivity index (χ0n) is 18.5. The summed E-state index contributed by atoms with van der Waals surface area (Å²) in [6.07, 6.45) is 3.63. The van der Waals surface area contributed by atoms with E-state index in [0.717, 1.165) is 22.8 Å². The van der Waals surface area contributed by atoms with Gasteiger partial charge in [0.2, 0.25) is 5.91 Å². The van der Waals surface area contributed by atoms with Gasteiger partial charge in [-0.1, -0.05) is 17.7 Å². The summed E-state index contributed by atoms with van der Waals surface area (Å²) in [7, 11) is 0. The van der Waals surface area contributed by atoms with Crippen LogP contribution in [-0.2, 0) is 9.59 Å². The van der Waals surface area contributed by atoms with E-state index < -0.39 is 17.5 Å². The molecule has 2 aromatic carbocycles. The third-order valence-corrected chi connectivity index (χ3v) is 6.08. The number of nitrogens with zero attached hydrogens (tertiary/aromatic N) is 3. The third kappa shape index (κ3) is 5.76. The molecule has 0 saturated carbocycles. The quantitative estimate of drug-likeness (QED) is 0.377. The maximum Gasteiger partial charge on any atom is 0.405 e. The van der Waals surface area contributed by atoms with Crippen LogP contribution in [-0.4, -0.2) is 43.7 Å². The molecule has 1 aliphatic rings. The highest BCUT2D eigenvalue weighted by Gasteiger charge is 2.29. The molecular weight excluding hydrogens is 492 g/mol. The van der Waals surface area contributed by atoms with Gasteiger partial charge in [0, 0.05) is 18.1 Å². The van der Waals surface area contributed by atoms with E-state index in [1.807, 2.05) is 18.2 Å². The number of carbonyl (C=O) groups excluding carboxylic acids is 2. The fraction of sp³-hybridized carbons (Fsp3) is 0.130. The number of nitrogens with one attached hydrogen (secondary N) is 3. The van der Waals surface area contributed by atoms with Gasteiger partial charge in [0.25, 0.3) is 5.91 Å². The third-order valence-electron chi connectivity index (χ3n) is 4.86. The lowest BCUT2D eigenvalue weighted by atomic mass is 10.0. The lowest BCUT2D eigenvalue weighted by Crippen LogP contribution is -2.51. The molecule has 1 saturated heterocycles. The molecule has 3 amide bonds. The van der Waals surface area contributed by atoms with Crippen molar-refractivity contribution in [2.75, 3.05) is 5.32 Å². The number of carbonyl (C=O) groups is 3. The topological polar surface area (TPSA) is 146 Å². The average molecular weight is 511 g/mol. The van der Waals surface area contributed by atoms with E-state index in [1.54, 1.807) is 30.6 Å². The van der Waals surface area contributed by atoms with E-state index in [1.165, 1.54) is 19.9 Å². The lowest BCUT2D eigenvalue weighted by Gasteiger charge is -2.23. The minimum absolute atomic E-state index is 0.304. The molecule has 4 rings (SSSR count). The van der Waals surface area contributed by atoms with Crippen LogP contribution in [0.1, 0.15) is 19.4 Å². The van der Waals surface area contributed by atoms with E-state index in [4.69, 9.17) is 16.7 Å². The lowest BCUT2D eigenvalue weighted by molar-refractivity contribution is -0.121. The van der Waals surface area contributed by atoms with Crippen LogP contribution in [0.15, 0.2) is 58.7 Å². The molecule has 0 atom stereocenters. The second-order valence-electron chi connectivity index (χ2n) is 7.96. The second kappa shape index (κ2) is 9.72. The smallest absolute Gasteiger partial charge is 0.405 e. The molecule has 0 bridgehead atoms. The van der Waals surface area contributed by atoms with Crippen molar-refractivity contribution in [3.63, 3.8) is 0 Å². The van der Waals surface area contributed by atoms with Gasteiger partial charge in [0.1, 0.15) is 5.54 Å². The molecule has 10 nitrogen and oxygen atoms in total. The summed E-state index contributed by atoms with van der Waals surface area (Å²) in [6, 6.07) is 10.1. The predicted octanol–water partition coefficient (Wildman–Crippen LogP) is 4.16. The number of aliphatic imine (C=N–C) groups is 1. The van der Waals surface area contributed by atoms with Gasteiger partial charge in [-0.2, -0.15) is 0 Å². The monoisotopic (exact) mass is 510 g/mol. The minimum atomic E-state index is -1.36. The Hall–Kier alpha value is -3.96. The summed E-state index contributed by atoms with van der Waals surface area (Å²) in [5.41, 5.74) is 1.58. The Morgan fingerprint density at radius 3 is 2.63 bits per heavy atom. The van der Waals surface area contributed by atoms with Crippen LogP contribution in [0.5, 0.6) is 0 Å². The molecule has 0 aliphatic carbocycles. The highest BCUT2D eigenvalue weighted by Crippen LogP contribution is 2.33. The average Bonchev–Trinajstić information content (AvgIpc) is 3.13. The Morgan fingerprint density at radius 1 is 1.14 bits per heavy atom. The van der Waals surface area contributed by atoms with Crippen molar-refractivity contribution in [2.24, 2.45) is 4.99 Å². The van der Waals surface area contributed by atoms with E-state index in [0.29, 0.717) is 32.0 Å². The first-order chi connectivity index (χ1) is 16.6. The second-order valence-corrected chi connectivity index (χ2v) is 9.40. The summed E-state index contributed by atoms with van der Waals surface area (Å²) in [5, 5.41) is 17.0. The molecule has 1 aliphatic heterocycles. The minimum Gasteiger partial charge on any atom is -0.465 e. The Balaban J connectivity index is 1.53. The van der Waals surface area contributed by atoms with E-state index in [-0.39, 0.29) is 5.91 Å². The maximum absolute atomic E-state index is 12.5. The number of fused-ring (bicyclic) bond motifs is 1. The van der Waals surface area contributed by atoms with Crippen molar-refractivity contribution < 1.29 is 19.5 Å². The summed E-state index contributed by atoms with van der Waals surface area (Å²) in [4.78, 5) is 49.2. The standard InChI is InChI=1S/C23H19ClN6O4S/c1-23(2,30-22(33)34)20(32)27-13-4-5-14(24)16(11-13)28-21-29-19(31)18(35-21)10-12-3-6-15-17(9-12)26-8-7-25-15/h3-11,30H,1-2H3,(H,27,32)(H,33,34)(H,28,29,31)/b18-10-. The number of aromatic nitrogens is 2. The molecule has 4 N–H and O–H groups in total. The molecule has 0 radical (unpaired) electrons. The molecule has 3 aromatic rings. The predicted molar refractivity (Wildman–Crippen MR) is 136 cm³/mol. The fourth-order valence-electron chi connectivity index (χ4n) is 3.10. The van der Waals surface area contributed by atoms with Crippen molar-refractivity contribution in [3.05, 3.63) is 64.3 Å². The van der Waals surface area contributed by atoms with Gasteiger partial charge in [0.05, 0.1) is 26.6 Å². The van der Waals surface area contributed by atoms with Gasteiger partial charge in [0.15, 0.2) is 5.17 Å². The number of hydrogen-bond acceptors (Lipinski definition) is 7. The number of rotatable bonds is 5. The van der Waals surface area contributed by atoms with Crippen LogP contribution in [0.3, 0.4) is 0 Å². The van der Waals surface area contributed by atoms with Gasteiger partial charge in [-0.15, -0.1) is 0 Å². The first-order valence-electron chi connectivity index (χ1n) is 10.2. The fourth-order valence-corrected chi connectivity index (χ4v) is 4.09. The van der Waals surface area contributed by atoms with Crippen LogP contribution in [0.4, 0.5) is 16.2 Å². The molecular formula is C23H19ClN6O4S. The number of thioether (sulfide) groups is 1. The number of amides is 3. The highest BCUT2D eigenvalue weighted by molar-refractivity contribution is 8.18. The summed E-state index contributed by atoms with van der Waals surface area (Å²) in [5.74, 6) is -0.871. The number of anilines is 1. The highest BCUT2D eigenvalue weighted by atomic mass is 35.5. The molecule has 1 aromatic heterocycles. The largest absolute Gasteiger partial charge is 0.465 e. The zero-order chi connectivity index (χ0) is 25.2. The molecule has 178 valence electrons. The Morgan fingerprint density at radius 2 is 1.89 bits per heavy atom. The molecule has 2 heterocycles. The van der Waals surface area contributed by atoms with E-state index in [2.05, 4.69) is 30.9 Å². The van der Waals surface area contributed by atoms with Crippen molar-refractivity contribution in [3.8, 4) is 0 Å². The molecule has 35 heavy (non-hydrogen) atoms. The number of halogens is 1. The van der Waals surface area contributed by atoms with Crippen molar-refractivity contribution in [2.45, 2.75) is 19.4 Å². The van der Waals surface area contributed by atoms with Crippen molar-refractivity contribution >= 4 is 74.9 Å². The zero-order valence-corrected chi connectivity index (χ0v) is 20.1. The van der Waals surface area contributed by atoms with Gasteiger partial charge >= 0.3 is 6.09 Å². The first kappa shape index (κ1) is 24.2. The summed E-state index contributed by atoms with van der Waals surface area (Å²) in [6.45, 7) is 2.88. The van der Waals surface area contributed by atoms with Crippen molar-refractivity contribution in [1.82, 2.24) is 20.6 Å². The molecule has 1 fully saturated rings. The first-order valence-corrected chi connectivity index (χ1v) is 11.4. The summed E-state index contributed by atoms with van der Waals surface area (Å²) >= 11 is 7.42. The van der Waals surface area contributed by atoms with E-state index >= 15 is 0 Å². The number of carboxylic acid groups (broad SMARTS) is 1. The molecule has 0 spiro atoms.